The first-order chi connectivity index (χ1) is 7.56. The van der Waals surface area contributed by atoms with E-state index in [9.17, 15) is 4.79 Å². The fourth-order valence-electron chi connectivity index (χ4n) is 2.35. The van der Waals surface area contributed by atoms with Crippen molar-refractivity contribution in [3.63, 3.8) is 0 Å². The molecule has 0 aliphatic heterocycles. The molecule has 0 heterocycles. The van der Waals surface area contributed by atoms with E-state index < -0.39 is 0 Å². The Morgan fingerprint density at radius 1 is 1.38 bits per heavy atom. The Morgan fingerprint density at radius 3 is 2.56 bits per heavy atom. The molecule has 1 amide bonds. The van der Waals surface area contributed by atoms with E-state index in [0.29, 0.717) is 18.9 Å². The van der Waals surface area contributed by atoms with Gasteiger partial charge in [0.25, 0.3) is 0 Å². The molecule has 1 saturated carbocycles. The Balaban J connectivity index is 2.27. The van der Waals surface area contributed by atoms with E-state index in [1.165, 1.54) is 19.3 Å². The average Bonchev–Trinajstić information content (AvgIpc) is 2.26. The molecule has 1 fully saturated rings. The Morgan fingerprint density at radius 2 is 2.00 bits per heavy atom. The normalized spacial score (nSPS) is 21.4. The minimum atomic E-state index is 0.0568. The van der Waals surface area contributed by atoms with E-state index in [-0.39, 0.29) is 11.4 Å². The molecule has 0 aromatic heterocycles. The van der Waals surface area contributed by atoms with Crippen LogP contribution in [0.25, 0.3) is 0 Å². The first-order valence-corrected chi connectivity index (χ1v) is 6.57. The van der Waals surface area contributed by atoms with Gasteiger partial charge in [0.05, 0.1) is 0 Å². The summed E-state index contributed by atoms with van der Waals surface area (Å²) < 4.78 is 0. The van der Waals surface area contributed by atoms with Gasteiger partial charge in [-0.25, -0.2) is 0 Å². The lowest BCUT2D eigenvalue weighted by atomic mass is 9.83. The minimum Gasteiger partial charge on any atom is -0.351 e. The molecule has 1 aliphatic rings. The third-order valence-electron chi connectivity index (χ3n) is 3.66. The Hall–Kier alpha value is -0.570. The summed E-state index contributed by atoms with van der Waals surface area (Å²) in [5, 5.41) is 3.19. The summed E-state index contributed by atoms with van der Waals surface area (Å²) in [5.74, 6) is 0.648. The molecule has 1 rings (SSSR count). The zero-order valence-electron chi connectivity index (χ0n) is 10.7. The van der Waals surface area contributed by atoms with Crippen molar-refractivity contribution in [3.8, 4) is 0 Å². The maximum Gasteiger partial charge on any atom is 0.220 e. The molecular formula is C13H26N2O. The van der Waals surface area contributed by atoms with Crippen LogP contribution < -0.4 is 11.1 Å². The fourth-order valence-corrected chi connectivity index (χ4v) is 2.35. The van der Waals surface area contributed by atoms with Crippen LogP contribution in [0, 0.1) is 5.92 Å². The SMILES string of the molecule is CC(CN)CCC(=O)NC1(C)CCCCC1. The predicted octanol–water partition coefficient (Wildman–Crippen LogP) is 2.20. The molecule has 0 bridgehead atoms. The van der Waals surface area contributed by atoms with Crippen molar-refractivity contribution in [1.29, 1.82) is 0 Å². The molecule has 3 nitrogen and oxygen atoms in total. The van der Waals surface area contributed by atoms with Crippen molar-refractivity contribution in [2.24, 2.45) is 11.7 Å². The number of amides is 1. The molecule has 94 valence electrons. The lowest BCUT2D eigenvalue weighted by Crippen LogP contribution is -2.47. The molecule has 0 radical (unpaired) electrons. The Kier molecular flexibility index (Phi) is 5.26. The second-order valence-corrected chi connectivity index (χ2v) is 5.55. The minimum absolute atomic E-state index is 0.0568. The molecule has 3 N–H and O–H groups in total. The molecular weight excluding hydrogens is 200 g/mol. The number of hydrogen-bond acceptors (Lipinski definition) is 2. The molecule has 3 heteroatoms. The third kappa shape index (κ3) is 4.52. The summed E-state index contributed by atoms with van der Waals surface area (Å²) in [5.41, 5.74) is 5.59. The summed E-state index contributed by atoms with van der Waals surface area (Å²) in [6.45, 7) is 4.94. The smallest absolute Gasteiger partial charge is 0.220 e. The van der Waals surface area contributed by atoms with Crippen molar-refractivity contribution < 1.29 is 4.79 Å². The van der Waals surface area contributed by atoms with Crippen LogP contribution in [-0.2, 0) is 4.79 Å². The highest BCUT2D eigenvalue weighted by Crippen LogP contribution is 2.27. The maximum absolute atomic E-state index is 11.8. The van der Waals surface area contributed by atoms with E-state index in [1.807, 2.05) is 0 Å². The van der Waals surface area contributed by atoms with Crippen LogP contribution in [0.1, 0.15) is 58.8 Å². The fraction of sp³-hybridized carbons (Fsp3) is 0.923. The highest BCUT2D eigenvalue weighted by molar-refractivity contribution is 5.76. The van der Waals surface area contributed by atoms with Crippen molar-refractivity contribution in [1.82, 2.24) is 5.32 Å². The average molecular weight is 226 g/mol. The zero-order valence-corrected chi connectivity index (χ0v) is 10.7. The number of nitrogens with one attached hydrogen (secondary N) is 1. The van der Waals surface area contributed by atoms with Crippen LogP contribution in [-0.4, -0.2) is 18.0 Å². The maximum atomic E-state index is 11.8. The quantitative estimate of drug-likeness (QED) is 0.755. The zero-order chi connectivity index (χ0) is 12.0. The van der Waals surface area contributed by atoms with Crippen LogP contribution in [0.4, 0.5) is 0 Å². The molecule has 1 unspecified atom stereocenters. The Bertz CT molecular complexity index is 222. The standard InChI is InChI=1S/C13H26N2O/c1-11(10-14)6-7-12(16)15-13(2)8-4-3-5-9-13/h11H,3-10,14H2,1-2H3,(H,15,16). The van der Waals surface area contributed by atoms with E-state index >= 15 is 0 Å². The van der Waals surface area contributed by atoms with E-state index in [0.717, 1.165) is 19.3 Å². The van der Waals surface area contributed by atoms with Gasteiger partial charge in [-0.3, -0.25) is 4.79 Å². The Labute approximate surface area is 99.2 Å². The van der Waals surface area contributed by atoms with Gasteiger partial charge in [-0.05, 0) is 38.6 Å². The monoisotopic (exact) mass is 226 g/mol. The molecule has 0 saturated heterocycles. The van der Waals surface area contributed by atoms with Crippen molar-refractivity contribution in [3.05, 3.63) is 0 Å². The van der Waals surface area contributed by atoms with E-state index in [4.69, 9.17) is 5.73 Å². The molecule has 0 spiro atoms. The van der Waals surface area contributed by atoms with Crippen LogP contribution >= 0.6 is 0 Å². The summed E-state index contributed by atoms with van der Waals surface area (Å²) >= 11 is 0. The van der Waals surface area contributed by atoms with E-state index in [1.54, 1.807) is 0 Å². The highest BCUT2D eigenvalue weighted by atomic mass is 16.1. The topological polar surface area (TPSA) is 55.1 Å². The van der Waals surface area contributed by atoms with Gasteiger partial charge in [-0.15, -0.1) is 0 Å². The predicted molar refractivity (Wildman–Crippen MR) is 67.1 cm³/mol. The van der Waals surface area contributed by atoms with Crippen LogP contribution in [0.2, 0.25) is 0 Å². The van der Waals surface area contributed by atoms with E-state index in [2.05, 4.69) is 19.2 Å². The molecule has 16 heavy (non-hydrogen) atoms. The lowest BCUT2D eigenvalue weighted by molar-refractivity contribution is -0.123. The lowest BCUT2D eigenvalue weighted by Gasteiger charge is -2.34. The van der Waals surface area contributed by atoms with Gasteiger partial charge in [0.2, 0.25) is 5.91 Å². The van der Waals surface area contributed by atoms with Crippen LogP contribution in [0.15, 0.2) is 0 Å². The largest absolute Gasteiger partial charge is 0.351 e. The summed E-state index contributed by atoms with van der Waals surface area (Å²) in [6.07, 6.45) is 7.59. The number of rotatable bonds is 5. The van der Waals surface area contributed by atoms with Gasteiger partial charge in [0.15, 0.2) is 0 Å². The molecule has 1 atom stereocenters. The molecule has 1 aliphatic carbocycles. The van der Waals surface area contributed by atoms with Gasteiger partial charge in [-0.2, -0.15) is 0 Å². The van der Waals surface area contributed by atoms with Gasteiger partial charge in [-0.1, -0.05) is 26.2 Å². The number of hydrogen-bond donors (Lipinski definition) is 2. The third-order valence-corrected chi connectivity index (χ3v) is 3.66. The van der Waals surface area contributed by atoms with Crippen molar-refractivity contribution >= 4 is 5.91 Å². The first-order valence-electron chi connectivity index (χ1n) is 6.57. The first kappa shape index (κ1) is 13.5. The molecule has 0 aromatic carbocycles. The molecule has 0 aromatic rings. The van der Waals surface area contributed by atoms with Crippen LogP contribution in [0.3, 0.4) is 0 Å². The number of carbonyl (C=O) groups is 1. The highest BCUT2D eigenvalue weighted by Gasteiger charge is 2.27. The van der Waals surface area contributed by atoms with Gasteiger partial charge >= 0.3 is 0 Å². The van der Waals surface area contributed by atoms with Crippen LogP contribution in [0.5, 0.6) is 0 Å². The summed E-state index contributed by atoms with van der Waals surface area (Å²) in [4.78, 5) is 11.8. The summed E-state index contributed by atoms with van der Waals surface area (Å²) in [7, 11) is 0. The van der Waals surface area contributed by atoms with Gasteiger partial charge in [0.1, 0.15) is 0 Å². The van der Waals surface area contributed by atoms with Gasteiger partial charge < -0.3 is 11.1 Å². The second-order valence-electron chi connectivity index (χ2n) is 5.55. The number of carbonyl (C=O) groups excluding carboxylic acids is 1. The number of nitrogens with two attached hydrogens (primary N) is 1. The van der Waals surface area contributed by atoms with Crippen molar-refractivity contribution in [2.45, 2.75) is 64.3 Å². The van der Waals surface area contributed by atoms with Crippen molar-refractivity contribution in [2.75, 3.05) is 6.54 Å². The van der Waals surface area contributed by atoms with Gasteiger partial charge in [0, 0.05) is 12.0 Å². The second kappa shape index (κ2) is 6.24. The summed E-state index contributed by atoms with van der Waals surface area (Å²) in [6, 6.07) is 0.